The van der Waals surface area contributed by atoms with Gasteiger partial charge in [0.25, 0.3) is 0 Å². The number of unbranched alkanes of at least 4 members (excludes halogenated alkanes) is 1. The fraction of sp³-hybridized carbons (Fsp3) is 0.692. The second-order valence-corrected chi connectivity index (χ2v) is 22.7. The van der Waals surface area contributed by atoms with E-state index in [0.29, 0.717) is 31.9 Å². The van der Waals surface area contributed by atoms with Gasteiger partial charge in [0.1, 0.15) is 17.5 Å². The van der Waals surface area contributed by atoms with Crippen molar-refractivity contribution in [3.05, 3.63) is 53.6 Å². The van der Waals surface area contributed by atoms with Crippen LogP contribution in [0.3, 0.4) is 0 Å². The van der Waals surface area contributed by atoms with E-state index in [2.05, 4.69) is 68.4 Å². The van der Waals surface area contributed by atoms with Gasteiger partial charge in [-0.1, -0.05) is 71.9 Å². The smallest absolute Gasteiger partial charge is 0.408 e. The van der Waals surface area contributed by atoms with Crippen LogP contribution in [0.4, 0.5) is 4.79 Å². The van der Waals surface area contributed by atoms with Crippen molar-refractivity contribution >= 4 is 26.2 Å². The fourth-order valence-electron chi connectivity index (χ4n) is 6.17. The lowest BCUT2D eigenvalue weighted by Gasteiger charge is -2.38. The molecule has 11 heteroatoms. The number of likely N-dealkylation sites (tertiary alicyclic amines) is 1. The number of nitrogens with one attached hydrogen (secondary N) is 2. The molecule has 10 nitrogen and oxygen atoms in total. The van der Waals surface area contributed by atoms with E-state index in [9.17, 15) is 14.4 Å². The van der Waals surface area contributed by atoms with E-state index in [1.807, 2.05) is 42.8 Å². The molecule has 1 aliphatic heterocycles. The highest BCUT2D eigenvalue weighted by molar-refractivity contribution is 6.74. The van der Waals surface area contributed by atoms with E-state index in [0.717, 1.165) is 37.8 Å². The van der Waals surface area contributed by atoms with E-state index in [4.69, 9.17) is 14.1 Å². The Morgan fingerprint density at radius 2 is 1.68 bits per heavy atom. The molecule has 1 aliphatic carbocycles. The normalized spacial score (nSPS) is 19.3. The number of rotatable bonds is 13. The van der Waals surface area contributed by atoms with E-state index in [1.165, 1.54) is 5.56 Å². The summed E-state index contributed by atoms with van der Waals surface area (Å²) < 4.78 is 12.4. The second-order valence-electron chi connectivity index (χ2n) is 17.9. The molecule has 0 spiro atoms. The van der Waals surface area contributed by atoms with Crippen molar-refractivity contribution in [1.82, 2.24) is 25.1 Å². The van der Waals surface area contributed by atoms with Crippen molar-refractivity contribution in [2.45, 2.75) is 149 Å². The fourth-order valence-corrected chi connectivity index (χ4v) is 7.53. The van der Waals surface area contributed by atoms with Gasteiger partial charge in [-0.05, 0) is 82.0 Å². The zero-order chi connectivity index (χ0) is 37.1. The van der Waals surface area contributed by atoms with Crippen LogP contribution in [0.15, 0.2) is 36.5 Å². The van der Waals surface area contributed by atoms with E-state index in [1.54, 1.807) is 20.8 Å². The monoisotopic (exact) mass is 709 g/mol. The van der Waals surface area contributed by atoms with Crippen LogP contribution in [0, 0.1) is 11.3 Å². The lowest BCUT2D eigenvalue weighted by Crippen LogP contribution is -2.55. The summed E-state index contributed by atoms with van der Waals surface area (Å²) in [4.78, 5) is 53.0. The third-order valence-electron chi connectivity index (χ3n) is 10.1. The maximum atomic E-state index is 14.5. The minimum absolute atomic E-state index is 0.00262. The summed E-state index contributed by atoms with van der Waals surface area (Å²) in [6.07, 6.45) is 6.46. The van der Waals surface area contributed by atoms with Crippen molar-refractivity contribution < 1.29 is 23.5 Å². The van der Waals surface area contributed by atoms with Crippen LogP contribution in [-0.2, 0) is 31.7 Å². The number of carbonyl (C=O) groups is 3. The van der Waals surface area contributed by atoms with Crippen LogP contribution in [-0.4, -0.2) is 76.8 Å². The Bertz CT molecular complexity index is 1450. The standard InChI is InChI=1S/C39H63N5O5Si/c1-37(2,3)32(42-36(47)48-38(4,5)6)35(46)44-26-30(49-50(10,11)39(7,8)9)23-31(44)33-40-24-29(41-33)25-43(34(45)28-20-21-28)22-16-15-19-27-17-13-12-14-18-27/h12-14,17-18,24,28,30-32H,15-16,19-23,25-26H2,1-11H3,(H,40,41)(H,42,47)/t30-,31+,32-/m1/s1. The maximum absolute atomic E-state index is 14.5. The van der Waals surface area contributed by atoms with Crippen molar-refractivity contribution in [2.75, 3.05) is 13.1 Å². The Hall–Kier alpha value is -3.18. The lowest BCUT2D eigenvalue weighted by atomic mass is 9.85. The summed E-state index contributed by atoms with van der Waals surface area (Å²) in [7, 11) is -2.16. The van der Waals surface area contributed by atoms with Gasteiger partial charge in [-0.15, -0.1) is 0 Å². The third kappa shape index (κ3) is 10.9. The maximum Gasteiger partial charge on any atom is 0.408 e. The highest BCUT2D eigenvalue weighted by Crippen LogP contribution is 2.42. The molecule has 50 heavy (non-hydrogen) atoms. The molecule has 4 rings (SSSR count). The number of imidazole rings is 1. The second kappa shape index (κ2) is 15.6. The highest BCUT2D eigenvalue weighted by Gasteiger charge is 2.47. The summed E-state index contributed by atoms with van der Waals surface area (Å²) in [5, 5.41) is 2.89. The molecule has 1 aromatic heterocycles. The van der Waals surface area contributed by atoms with Crippen LogP contribution in [0.1, 0.15) is 118 Å². The quantitative estimate of drug-likeness (QED) is 0.162. The average Bonchev–Trinajstić information content (AvgIpc) is 3.61. The largest absolute Gasteiger partial charge is 0.444 e. The predicted octanol–water partition coefficient (Wildman–Crippen LogP) is 7.77. The van der Waals surface area contributed by atoms with Gasteiger partial charge in [0.05, 0.1) is 24.4 Å². The summed E-state index contributed by atoms with van der Waals surface area (Å²) in [6, 6.07) is 9.25. The number of aromatic nitrogens is 2. The number of benzene rings is 1. The summed E-state index contributed by atoms with van der Waals surface area (Å²) in [5.74, 6) is 0.792. The van der Waals surface area contributed by atoms with Gasteiger partial charge in [-0.25, -0.2) is 9.78 Å². The van der Waals surface area contributed by atoms with Crippen molar-refractivity contribution in [3.63, 3.8) is 0 Å². The minimum Gasteiger partial charge on any atom is -0.444 e. The van der Waals surface area contributed by atoms with Crippen molar-refractivity contribution in [1.29, 1.82) is 0 Å². The summed E-state index contributed by atoms with van der Waals surface area (Å²) in [5.41, 5.74) is 0.799. The molecule has 0 unspecified atom stereocenters. The third-order valence-corrected chi connectivity index (χ3v) is 14.7. The minimum atomic E-state index is -2.16. The predicted molar refractivity (Wildman–Crippen MR) is 200 cm³/mol. The van der Waals surface area contributed by atoms with Gasteiger partial charge in [-0.2, -0.15) is 0 Å². The van der Waals surface area contributed by atoms with Crippen LogP contribution in [0.5, 0.6) is 0 Å². The summed E-state index contributed by atoms with van der Waals surface area (Å²) in [6.45, 7) is 23.8. The number of aryl methyl sites for hydroxylation is 1. The van der Waals surface area contributed by atoms with Crippen LogP contribution >= 0.6 is 0 Å². The molecule has 278 valence electrons. The first kappa shape index (κ1) is 39.6. The lowest BCUT2D eigenvalue weighted by molar-refractivity contribution is -0.137. The Balaban J connectivity index is 1.55. The Morgan fingerprint density at radius 3 is 2.26 bits per heavy atom. The number of hydrogen-bond acceptors (Lipinski definition) is 6. The number of ether oxygens (including phenoxy) is 1. The number of hydrogen-bond donors (Lipinski definition) is 2. The molecule has 0 radical (unpaired) electrons. The molecule has 3 atom stereocenters. The van der Waals surface area contributed by atoms with Crippen molar-refractivity contribution in [3.8, 4) is 0 Å². The molecule has 2 N–H and O–H groups in total. The molecule has 2 aliphatic rings. The zero-order valence-corrected chi connectivity index (χ0v) is 33.5. The first-order valence-corrected chi connectivity index (χ1v) is 21.4. The Kier molecular flexibility index (Phi) is 12.4. The first-order valence-electron chi connectivity index (χ1n) is 18.5. The average molecular weight is 710 g/mol. The number of aromatic amines is 1. The van der Waals surface area contributed by atoms with Crippen LogP contribution in [0.25, 0.3) is 0 Å². The molecule has 0 bridgehead atoms. The number of amides is 3. The number of nitrogens with zero attached hydrogens (tertiary/aromatic N) is 3. The SMILES string of the molecule is CC(C)(C)OC(=O)N[C@H](C(=O)N1C[C@H](O[Si](C)(C)C(C)(C)C)C[C@H]1c1nc(CN(CCCCc2ccccc2)C(=O)C2CC2)c[nH]1)C(C)(C)C. The molecular formula is C39H63N5O5Si. The van der Waals surface area contributed by atoms with Gasteiger partial charge in [0.15, 0.2) is 8.32 Å². The Morgan fingerprint density at radius 1 is 1.02 bits per heavy atom. The topological polar surface area (TPSA) is 117 Å². The Labute approximate surface area is 301 Å². The molecule has 2 aromatic rings. The van der Waals surface area contributed by atoms with Gasteiger partial charge in [0.2, 0.25) is 11.8 Å². The van der Waals surface area contributed by atoms with Crippen LogP contribution in [0.2, 0.25) is 18.1 Å². The molecule has 2 heterocycles. The molecule has 1 saturated carbocycles. The van der Waals surface area contributed by atoms with Crippen molar-refractivity contribution in [2.24, 2.45) is 11.3 Å². The van der Waals surface area contributed by atoms with Gasteiger partial charge < -0.3 is 29.3 Å². The molecule has 3 amide bonds. The van der Waals surface area contributed by atoms with Crippen LogP contribution < -0.4 is 5.32 Å². The first-order chi connectivity index (χ1) is 23.1. The van der Waals surface area contributed by atoms with E-state index >= 15 is 0 Å². The highest BCUT2D eigenvalue weighted by atomic mass is 28.4. The van der Waals surface area contributed by atoms with Gasteiger partial charge >= 0.3 is 6.09 Å². The molecule has 1 aromatic carbocycles. The number of H-pyrrole nitrogens is 1. The number of alkyl carbamates (subject to hydrolysis) is 1. The summed E-state index contributed by atoms with van der Waals surface area (Å²) >= 11 is 0. The van der Waals surface area contributed by atoms with E-state index < -0.39 is 31.5 Å². The number of carbonyl (C=O) groups excluding carboxylic acids is 3. The molecule has 1 saturated heterocycles. The molecule has 2 fully saturated rings. The van der Waals surface area contributed by atoms with Gasteiger partial charge in [0, 0.05) is 31.6 Å². The van der Waals surface area contributed by atoms with E-state index in [-0.39, 0.29) is 34.9 Å². The zero-order valence-electron chi connectivity index (χ0n) is 32.5. The molecular weight excluding hydrogens is 647 g/mol. The van der Waals surface area contributed by atoms with Gasteiger partial charge in [-0.3, -0.25) is 9.59 Å².